The SMILES string of the molecule is COc1ccc(NC(C)=O)cc1NC(=O)COC(=O)c1ccc2c(c1)CCCC2. The molecule has 0 bridgehead atoms. The number of hydrogen-bond acceptors (Lipinski definition) is 5. The van der Waals surface area contributed by atoms with Crippen molar-refractivity contribution < 1.29 is 23.9 Å². The largest absolute Gasteiger partial charge is 0.495 e. The van der Waals surface area contributed by atoms with Gasteiger partial charge in [-0.15, -0.1) is 0 Å². The van der Waals surface area contributed by atoms with Crippen LogP contribution in [-0.2, 0) is 27.2 Å². The third-order valence-corrected chi connectivity index (χ3v) is 4.71. The summed E-state index contributed by atoms with van der Waals surface area (Å²) in [5.74, 6) is -0.845. The van der Waals surface area contributed by atoms with Crippen LogP contribution in [0.3, 0.4) is 0 Å². The minimum absolute atomic E-state index is 0.230. The van der Waals surface area contributed by atoms with Crippen LogP contribution in [0.2, 0.25) is 0 Å². The maximum absolute atomic E-state index is 12.3. The number of amides is 2. The van der Waals surface area contributed by atoms with E-state index in [0.29, 0.717) is 22.7 Å². The van der Waals surface area contributed by atoms with Crippen molar-refractivity contribution in [3.05, 3.63) is 53.1 Å². The van der Waals surface area contributed by atoms with E-state index in [1.165, 1.54) is 31.6 Å². The molecule has 0 radical (unpaired) electrons. The second kappa shape index (κ2) is 9.23. The van der Waals surface area contributed by atoms with Crippen molar-refractivity contribution in [2.75, 3.05) is 24.4 Å². The van der Waals surface area contributed by atoms with Crippen LogP contribution in [0.1, 0.15) is 41.3 Å². The minimum atomic E-state index is -0.535. The van der Waals surface area contributed by atoms with E-state index < -0.39 is 18.5 Å². The Hall–Kier alpha value is -3.35. The first-order valence-corrected chi connectivity index (χ1v) is 9.50. The maximum atomic E-state index is 12.3. The van der Waals surface area contributed by atoms with Gasteiger partial charge in [-0.05, 0) is 67.1 Å². The fourth-order valence-electron chi connectivity index (χ4n) is 3.35. The zero-order valence-electron chi connectivity index (χ0n) is 16.5. The number of carbonyl (C=O) groups is 3. The van der Waals surface area contributed by atoms with E-state index in [2.05, 4.69) is 10.6 Å². The van der Waals surface area contributed by atoms with E-state index in [1.54, 1.807) is 24.3 Å². The van der Waals surface area contributed by atoms with Gasteiger partial charge in [0.2, 0.25) is 5.91 Å². The van der Waals surface area contributed by atoms with Gasteiger partial charge in [-0.1, -0.05) is 6.07 Å². The zero-order valence-corrected chi connectivity index (χ0v) is 16.5. The van der Waals surface area contributed by atoms with Crippen molar-refractivity contribution in [1.29, 1.82) is 0 Å². The highest BCUT2D eigenvalue weighted by Gasteiger charge is 2.16. The molecule has 3 rings (SSSR count). The van der Waals surface area contributed by atoms with Crippen LogP contribution in [0, 0.1) is 0 Å². The summed E-state index contributed by atoms with van der Waals surface area (Å²) in [6, 6.07) is 10.4. The molecule has 2 N–H and O–H groups in total. The van der Waals surface area contributed by atoms with Crippen LogP contribution in [0.15, 0.2) is 36.4 Å². The Morgan fingerprint density at radius 3 is 2.45 bits per heavy atom. The number of fused-ring (bicyclic) bond motifs is 1. The van der Waals surface area contributed by atoms with Crippen molar-refractivity contribution in [1.82, 2.24) is 0 Å². The maximum Gasteiger partial charge on any atom is 0.338 e. The number of esters is 1. The predicted octanol–water partition coefficient (Wildman–Crippen LogP) is 3.33. The molecule has 0 saturated carbocycles. The molecule has 0 saturated heterocycles. The van der Waals surface area contributed by atoms with E-state index >= 15 is 0 Å². The van der Waals surface area contributed by atoms with Gasteiger partial charge in [-0.3, -0.25) is 9.59 Å². The Bertz CT molecular complexity index is 939. The molecule has 0 heterocycles. The highest BCUT2D eigenvalue weighted by molar-refractivity contribution is 5.97. The van der Waals surface area contributed by atoms with E-state index in [-0.39, 0.29) is 5.91 Å². The first kappa shape index (κ1) is 20.4. The first-order chi connectivity index (χ1) is 14.0. The lowest BCUT2D eigenvalue weighted by atomic mass is 9.90. The van der Waals surface area contributed by atoms with Gasteiger partial charge in [0.15, 0.2) is 6.61 Å². The fourth-order valence-corrected chi connectivity index (χ4v) is 3.35. The monoisotopic (exact) mass is 396 g/mol. The zero-order chi connectivity index (χ0) is 20.8. The molecule has 2 aromatic rings. The number of aryl methyl sites for hydroxylation is 2. The quantitative estimate of drug-likeness (QED) is 0.731. The van der Waals surface area contributed by atoms with E-state index in [4.69, 9.17) is 9.47 Å². The fraction of sp³-hybridized carbons (Fsp3) is 0.318. The topological polar surface area (TPSA) is 93.7 Å². The molecule has 0 aliphatic heterocycles. The molecule has 0 atom stereocenters. The summed E-state index contributed by atoms with van der Waals surface area (Å²) in [4.78, 5) is 35.8. The molecular weight excluding hydrogens is 372 g/mol. The van der Waals surface area contributed by atoms with Gasteiger partial charge in [0.1, 0.15) is 5.75 Å². The Labute approximate surface area is 169 Å². The highest BCUT2D eigenvalue weighted by Crippen LogP contribution is 2.28. The van der Waals surface area contributed by atoms with Gasteiger partial charge in [0, 0.05) is 12.6 Å². The molecule has 0 unspecified atom stereocenters. The summed E-state index contributed by atoms with van der Waals surface area (Å²) in [7, 11) is 1.47. The summed E-state index contributed by atoms with van der Waals surface area (Å²) in [6.45, 7) is 0.964. The second-order valence-electron chi connectivity index (χ2n) is 6.91. The number of anilines is 2. The lowest BCUT2D eigenvalue weighted by Crippen LogP contribution is -2.21. The molecule has 2 aromatic carbocycles. The van der Waals surface area contributed by atoms with Crippen molar-refractivity contribution in [2.45, 2.75) is 32.6 Å². The Morgan fingerprint density at radius 1 is 0.966 bits per heavy atom. The van der Waals surface area contributed by atoms with Gasteiger partial charge < -0.3 is 20.1 Å². The van der Waals surface area contributed by atoms with E-state index in [0.717, 1.165) is 19.3 Å². The Balaban J connectivity index is 1.61. The Morgan fingerprint density at radius 2 is 1.72 bits per heavy atom. The van der Waals surface area contributed by atoms with E-state index in [9.17, 15) is 14.4 Å². The number of rotatable bonds is 6. The molecule has 0 spiro atoms. The lowest BCUT2D eigenvalue weighted by Gasteiger charge is -2.16. The molecule has 7 heteroatoms. The highest BCUT2D eigenvalue weighted by atomic mass is 16.5. The minimum Gasteiger partial charge on any atom is -0.495 e. The van der Waals surface area contributed by atoms with Crippen molar-refractivity contribution >= 4 is 29.2 Å². The molecule has 0 fully saturated rings. The molecule has 0 aromatic heterocycles. The number of carbonyl (C=O) groups excluding carboxylic acids is 3. The van der Waals surface area contributed by atoms with E-state index in [1.807, 2.05) is 12.1 Å². The van der Waals surface area contributed by atoms with Gasteiger partial charge in [-0.2, -0.15) is 0 Å². The van der Waals surface area contributed by atoms with Crippen molar-refractivity contribution in [2.24, 2.45) is 0 Å². The molecule has 29 heavy (non-hydrogen) atoms. The Kier molecular flexibility index (Phi) is 6.49. The second-order valence-corrected chi connectivity index (χ2v) is 6.91. The predicted molar refractivity (Wildman–Crippen MR) is 109 cm³/mol. The average Bonchev–Trinajstić information content (AvgIpc) is 2.71. The first-order valence-electron chi connectivity index (χ1n) is 9.50. The summed E-state index contributed by atoms with van der Waals surface area (Å²) in [5, 5.41) is 5.27. The lowest BCUT2D eigenvalue weighted by molar-refractivity contribution is -0.119. The molecular formula is C22H24N2O5. The number of hydrogen-bond donors (Lipinski definition) is 2. The van der Waals surface area contributed by atoms with Crippen LogP contribution in [0.25, 0.3) is 0 Å². The molecule has 7 nitrogen and oxygen atoms in total. The number of nitrogens with one attached hydrogen (secondary N) is 2. The standard InChI is InChI=1S/C22H24N2O5/c1-14(25)23-18-9-10-20(28-2)19(12-18)24-21(26)13-29-22(27)17-8-7-15-5-3-4-6-16(15)11-17/h7-12H,3-6,13H2,1-2H3,(H,23,25)(H,24,26). The average molecular weight is 396 g/mol. The third kappa shape index (κ3) is 5.34. The van der Waals surface area contributed by atoms with Gasteiger partial charge in [-0.25, -0.2) is 4.79 Å². The van der Waals surface area contributed by atoms with Gasteiger partial charge >= 0.3 is 5.97 Å². The summed E-state index contributed by atoms with van der Waals surface area (Å²) < 4.78 is 10.4. The molecule has 2 amide bonds. The molecule has 152 valence electrons. The van der Waals surface area contributed by atoms with Crippen LogP contribution < -0.4 is 15.4 Å². The molecule has 1 aliphatic carbocycles. The summed E-state index contributed by atoms with van der Waals surface area (Å²) in [5.41, 5.74) is 3.78. The molecule has 1 aliphatic rings. The van der Waals surface area contributed by atoms with Crippen LogP contribution in [0.5, 0.6) is 5.75 Å². The van der Waals surface area contributed by atoms with Crippen molar-refractivity contribution in [3.8, 4) is 5.75 Å². The summed E-state index contributed by atoms with van der Waals surface area (Å²) in [6.07, 6.45) is 4.28. The third-order valence-electron chi connectivity index (χ3n) is 4.71. The normalized spacial score (nSPS) is 12.5. The van der Waals surface area contributed by atoms with Gasteiger partial charge in [0.25, 0.3) is 5.91 Å². The van der Waals surface area contributed by atoms with Crippen LogP contribution in [-0.4, -0.2) is 31.5 Å². The number of methoxy groups -OCH3 is 1. The number of benzene rings is 2. The van der Waals surface area contributed by atoms with Crippen LogP contribution >= 0.6 is 0 Å². The summed E-state index contributed by atoms with van der Waals surface area (Å²) >= 11 is 0. The van der Waals surface area contributed by atoms with Gasteiger partial charge in [0.05, 0.1) is 18.4 Å². The van der Waals surface area contributed by atoms with Crippen molar-refractivity contribution in [3.63, 3.8) is 0 Å². The smallest absolute Gasteiger partial charge is 0.338 e. The number of ether oxygens (including phenoxy) is 2. The van der Waals surface area contributed by atoms with Crippen LogP contribution in [0.4, 0.5) is 11.4 Å².